The Kier molecular flexibility index (Phi) is 13.1. The molecule has 0 spiro atoms. The fourth-order valence-corrected chi connectivity index (χ4v) is 9.99. The maximum absolute atomic E-state index is 12.6. The highest BCUT2D eigenvalue weighted by Crippen LogP contribution is 2.37. The Bertz CT molecular complexity index is 1990. The van der Waals surface area contributed by atoms with Crippen molar-refractivity contribution in [1.29, 1.82) is 0 Å². The van der Waals surface area contributed by atoms with Gasteiger partial charge >= 0.3 is 0 Å². The van der Waals surface area contributed by atoms with Crippen molar-refractivity contribution in [2.75, 3.05) is 47.0 Å². The van der Waals surface area contributed by atoms with Gasteiger partial charge < -0.3 is 18.9 Å². The molecule has 3 aromatic carbocycles. The van der Waals surface area contributed by atoms with E-state index in [-0.39, 0.29) is 42.0 Å². The first-order valence-electron chi connectivity index (χ1n) is 20.2. The quantitative estimate of drug-likeness (QED) is 0.162. The third-order valence-electron chi connectivity index (χ3n) is 11.7. The number of rotatable bonds is 12. The fraction of sp³-hybridized carbons (Fsp3) is 0.523. The number of benzene rings is 3. The third kappa shape index (κ3) is 9.16. The lowest BCUT2D eigenvalue weighted by molar-refractivity contribution is -0.132. The van der Waals surface area contributed by atoms with Crippen molar-refractivity contribution in [1.82, 2.24) is 19.6 Å². The molecular formula is C44H58N4O7S. The van der Waals surface area contributed by atoms with Gasteiger partial charge in [0.1, 0.15) is 11.5 Å². The van der Waals surface area contributed by atoms with Crippen LogP contribution in [0.15, 0.2) is 84.0 Å². The summed E-state index contributed by atoms with van der Waals surface area (Å²) in [4.78, 5) is 5.24. The maximum Gasteiger partial charge on any atom is 0.297 e. The van der Waals surface area contributed by atoms with Gasteiger partial charge in [-0.3, -0.25) is 18.7 Å². The molecule has 302 valence electrons. The smallest absolute Gasteiger partial charge is 0.297 e. The Hall–Kier alpha value is -3.78. The molecule has 0 N–H and O–H groups in total. The zero-order valence-corrected chi connectivity index (χ0v) is 34.3. The van der Waals surface area contributed by atoms with E-state index in [9.17, 15) is 8.42 Å². The molecular weight excluding hydrogens is 729 g/mol. The minimum atomic E-state index is -3.81. The second-order valence-corrected chi connectivity index (χ2v) is 17.1. The van der Waals surface area contributed by atoms with Gasteiger partial charge in [0.2, 0.25) is 0 Å². The molecule has 12 heteroatoms. The first-order valence-corrected chi connectivity index (χ1v) is 21.6. The van der Waals surface area contributed by atoms with Crippen molar-refractivity contribution in [3.8, 4) is 11.5 Å². The van der Waals surface area contributed by atoms with Gasteiger partial charge in [-0.25, -0.2) is 0 Å². The van der Waals surface area contributed by atoms with Gasteiger partial charge in [0, 0.05) is 50.4 Å². The summed E-state index contributed by atoms with van der Waals surface area (Å²) < 4.78 is 56.7. The summed E-state index contributed by atoms with van der Waals surface area (Å²) >= 11 is 0. The predicted octanol–water partition coefficient (Wildman–Crippen LogP) is 5.89. The van der Waals surface area contributed by atoms with Crippen LogP contribution in [0, 0.1) is 6.92 Å². The number of nitrogens with zero attached hydrogens (tertiary/aromatic N) is 4. The number of morpholine rings is 2. The number of methoxy groups -OCH3 is 2. The summed E-state index contributed by atoms with van der Waals surface area (Å²) in [6.07, 6.45) is 9.78. The summed E-state index contributed by atoms with van der Waals surface area (Å²) in [7, 11) is -0.362. The molecule has 0 saturated carbocycles. The number of aromatic nitrogens is 2. The van der Waals surface area contributed by atoms with Crippen LogP contribution in [-0.2, 0) is 56.0 Å². The van der Waals surface area contributed by atoms with Gasteiger partial charge in [-0.05, 0) is 98.3 Å². The Labute approximate surface area is 333 Å². The zero-order chi connectivity index (χ0) is 39.2. The van der Waals surface area contributed by atoms with Crippen molar-refractivity contribution in [3.05, 3.63) is 107 Å². The van der Waals surface area contributed by atoms with E-state index in [1.165, 1.54) is 28.7 Å². The molecule has 0 amide bonds. The lowest BCUT2D eigenvalue weighted by Gasteiger charge is -2.47. The van der Waals surface area contributed by atoms with Gasteiger partial charge in [0.15, 0.2) is 0 Å². The van der Waals surface area contributed by atoms with Crippen LogP contribution < -0.4 is 9.47 Å². The molecule has 0 unspecified atom stereocenters. The van der Waals surface area contributed by atoms with E-state index in [0.717, 1.165) is 75.3 Å². The Balaban J connectivity index is 0.000000175. The molecule has 4 aromatic rings. The van der Waals surface area contributed by atoms with Crippen LogP contribution in [0.2, 0.25) is 0 Å². The van der Waals surface area contributed by atoms with Crippen LogP contribution in [0.4, 0.5) is 0 Å². The van der Waals surface area contributed by atoms with E-state index in [0.29, 0.717) is 12.6 Å². The summed E-state index contributed by atoms with van der Waals surface area (Å²) in [5.41, 5.74) is 6.24. The van der Waals surface area contributed by atoms with Gasteiger partial charge in [-0.15, -0.1) is 0 Å². The van der Waals surface area contributed by atoms with E-state index in [1.54, 1.807) is 38.5 Å². The van der Waals surface area contributed by atoms with E-state index >= 15 is 0 Å². The first-order chi connectivity index (χ1) is 27.2. The number of ether oxygens (including phenoxy) is 4. The van der Waals surface area contributed by atoms with Crippen LogP contribution in [0.5, 0.6) is 11.5 Å². The van der Waals surface area contributed by atoms with Crippen LogP contribution in [0.25, 0.3) is 0 Å². The molecule has 1 aromatic heterocycles. The Morgan fingerprint density at radius 1 is 0.732 bits per heavy atom. The largest absolute Gasteiger partial charge is 0.496 e. The molecule has 56 heavy (non-hydrogen) atoms. The number of hydrogen-bond acceptors (Lipinski definition) is 10. The fourth-order valence-electron chi connectivity index (χ4n) is 9.06. The normalized spacial score (nSPS) is 24.8. The minimum Gasteiger partial charge on any atom is -0.496 e. The average molecular weight is 787 g/mol. The van der Waals surface area contributed by atoms with E-state index in [1.807, 2.05) is 42.2 Å². The van der Waals surface area contributed by atoms with Crippen molar-refractivity contribution >= 4 is 10.1 Å². The number of hydrogen-bond donors (Lipinski definition) is 0. The predicted molar refractivity (Wildman–Crippen MR) is 216 cm³/mol. The summed E-state index contributed by atoms with van der Waals surface area (Å²) in [5, 5.41) is 4.35. The molecule has 6 atom stereocenters. The van der Waals surface area contributed by atoms with Crippen molar-refractivity contribution in [2.24, 2.45) is 0 Å². The molecule has 0 radical (unpaired) electrons. The van der Waals surface area contributed by atoms with Crippen molar-refractivity contribution < 1.29 is 31.5 Å². The summed E-state index contributed by atoms with van der Waals surface area (Å²) in [6, 6.07) is 22.0. The highest BCUT2D eigenvalue weighted by Gasteiger charge is 2.42. The molecule has 8 rings (SSSR count). The maximum atomic E-state index is 12.6. The summed E-state index contributed by atoms with van der Waals surface area (Å²) in [6.45, 7) is 10.9. The average Bonchev–Trinajstić information content (AvgIpc) is 3.72. The van der Waals surface area contributed by atoms with Gasteiger partial charge in [0.05, 0.1) is 56.7 Å². The van der Waals surface area contributed by atoms with Crippen LogP contribution in [0.1, 0.15) is 54.5 Å². The van der Waals surface area contributed by atoms with Gasteiger partial charge in [-0.2, -0.15) is 13.5 Å². The Morgan fingerprint density at radius 3 is 1.80 bits per heavy atom. The molecule has 3 heterocycles. The molecule has 11 nitrogen and oxygen atoms in total. The van der Waals surface area contributed by atoms with Crippen LogP contribution in [-0.4, -0.2) is 112 Å². The number of fused-ring (bicyclic) bond motifs is 4. The first kappa shape index (κ1) is 40.4. The van der Waals surface area contributed by atoms with E-state index in [4.69, 9.17) is 23.1 Å². The van der Waals surface area contributed by atoms with E-state index < -0.39 is 10.1 Å². The van der Waals surface area contributed by atoms with Gasteiger partial charge in [-0.1, -0.05) is 55.8 Å². The summed E-state index contributed by atoms with van der Waals surface area (Å²) in [5.74, 6) is 1.89. The molecule has 2 aliphatic carbocycles. The molecule has 4 aliphatic rings. The molecule has 2 saturated heterocycles. The van der Waals surface area contributed by atoms with Crippen LogP contribution >= 0.6 is 0 Å². The standard InChI is InChI=1S/C24H31NO5S.C20H27N3O2/c1-4-12-25-15-19(16-29-31(26,27)20-10-8-17(2)9-11-20)30-24-14-21-18(13-22(24)25)6-5-7-23(21)28-3;1-3-9-22-13-16(14-23-10-5-8-21-23)25-20-12-17-15(11-18(20)22)6-4-7-19(17)24-2/h5-11,19,22,24H,4,12-16H2,1-3H3;4-8,10,16,18,20H,3,9,11-14H2,1-2H3/t19-,22-,24-;16-,18-,20-/m11/s1. The minimum absolute atomic E-state index is 0.0123. The monoisotopic (exact) mass is 786 g/mol. The van der Waals surface area contributed by atoms with Gasteiger partial charge in [0.25, 0.3) is 10.1 Å². The van der Waals surface area contributed by atoms with Crippen molar-refractivity contribution in [3.63, 3.8) is 0 Å². The highest BCUT2D eigenvalue weighted by atomic mass is 32.2. The third-order valence-corrected chi connectivity index (χ3v) is 13.0. The molecule has 2 aliphatic heterocycles. The van der Waals surface area contributed by atoms with Crippen LogP contribution in [0.3, 0.4) is 0 Å². The SMILES string of the molecule is CCCN1C[C@H](COS(=O)(=O)c2ccc(C)cc2)O[C@@H]2Cc3c(cccc3OC)C[C@H]21.CCCN1C[C@H](Cn2cccn2)O[C@@H]2Cc3c(cccc3OC)C[C@H]21. The second kappa shape index (κ2) is 18.2. The second-order valence-electron chi connectivity index (χ2n) is 15.5. The molecule has 2 fully saturated rings. The van der Waals surface area contributed by atoms with E-state index in [2.05, 4.69) is 53.0 Å². The Morgan fingerprint density at radius 2 is 1.29 bits per heavy atom. The lowest BCUT2D eigenvalue weighted by atomic mass is 9.83. The zero-order valence-electron chi connectivity index (χ0n) is 33.5. The number of aryl methyl sites for hydroxylation is 1. The van der Waals surface area contributed by atoms with Crippen molar-refractivity contribution in [2.45, 2.75) is 107 Å². The molecule has 0 bridgehead atoms. The topological polar surface area (TPSA) is 105 Å². The lowest BCUT2D eigenvalue weighted by Crippen LogP contribution is -2.59. The highest BCUT2D eigenvalue weighted by molar-refractivity contribution is 7.86.